The van der Waals surface area contributed by atoms with Gasteiger partial charge in [-0.3, -0.25) is 4.79 Å². The Morgan fingerprint density at radius 3 is 2.60 bits per heavy atom. The van der Waals surface area contributed by atoms with Gasteiger partial charge in [-0.05, 0) is 19.1 Å². The lowest BCUT2D eigenvalue weighted by atomic mass is 10.2. The van der Waals surface area contributed by atoms with Crippen LogP contribution in [-0.4, -0.2) is 22.8 Å². The van der Waals surface area contributed by atoms with Gasteiger partial charge in [0.2, 0.25) is 5.43 Å². The van der Waals surface area contributed by atoms with Crippen LogP contribution in [0.3, 0.4) is 0 Å². The molecule has 0 atom stereocenters. The van der Waals surface area contributed by atoms with Crippen LogP contribution in [-0.2, 0) is 4.74 Å². The monoisotopic (exact) mass is 210 g/mol. The second-order valence-electron chi connectivity index (χ2n) is 2.75. The molecule has 80 valence electrons. The van der Waals surface area contributed by atoms with Crippen LogP contribution in [0.1, 0.15) is 17.3 Å². The average Bonchev–Trinajstić information content (AvgIpc) is 2.28. The molecule has 0 saturated carbocycles. The normalized spacial score (nSPS) is 9.67. The van der Waals surface area contributed by atoms with Gasteiger partial charge in [0, 0.05) is 6.07 Å². The van der Waals surface area contributed by atoms with Gasteiger partial charge < -0.3 is 14.9 Å². The molecule has 0 aliphatic heterocycles. The van der Waals surface area contributed by atoms with Gasteiger partial charge in [0.05, 0.1) is 6.61 Å². The minimum atomic E-state index is -0.761. The van der Waals surface area contributed by atoms with Crippen molar-refractivity contribution in [3.8, 4) is 11.5 Å². The van der Waals surface area contributed by atoms with Gasteiger partial charge in [-0.2, -0.15) is 0 Å². The van der Waals surface area contributed by atoms with Crippen LogP contribution >= 0.6 is 0 Å². The van der Waals surface area contributed by atoms with Crippen molar-refractivity contribution in [3.63, 3.8) is 0 Å². The highest BCUT2D eigenvalue weighted by Gasteiger charge is 2.11. The summed E-state index contributed by atoms with van der Waals surface area (Å²) in [4.78, 5) is 22.3. The SMILES string of the molecule is CCOC(=O)c1ccc(O)c(=O)cc1O. The summed E-state index contributed by atoms with van der Waals surface area (Å²) in [5.41, 5.74) is -0.919. The largest absolute Gasteiger partial charge is 0.507 e. The number of aromatic hydroxyl groups is 2. The first-order chi connectivity index (χ1) is 7.06. The number of hydrogen-bond acceptors (Lipinski definition) is 5. The van der Waals surface area contributed by atoms with Crippen molar-refractivity contribution in [2.75, 3.05) is 6.61 Å². The van der Waals surface area contributed by atoms with Crippen LogP contribution in [0, 0.1) is 0 Å². The predicted molar refractivity (Wildman–Crippen MR) is 52.0 cm³/mol. The van der Waals surface area contributed by atoms with Crippen LogP contribution < -0.4 is 5.43 Å². The van der Waals surface area contributed by atoms with Gasteiger partial charge in [-0.1, -0.05) is 0 Å². The van der Waals surface area contributed by atoms with E-state index >= 15 is 0 Å². The van der Waals surface area contributed by atoms with Crippen LogP contribution in [0.4, 0.5) is 0 Å². The Labute approximate surface area is 85.6 Å². The maximum Gasteiger partial charge on any atom is 0.341 e. The van der Waals surface area contributed by atoms with E-state index in [1.165, 1.54) is 0 Å². The Hall–Kier alpha value is -2.04. The lowest BCUT2D eigenvalue weighted by Gasteiger charge is -2.00. The highest BCUT2D eigenvalue weighted by Crippen LogP contribution is 2.16. The van der Waals surface area contributed by atoms with Crippen LogP contribution in [0.2, 0.25) is 0 Å². The van der Waals surface area contributed by atoms with Gasteiger partial charge in [0.25, 0.3) is 0 Å². The highest BCUT2D eigenvalue weighted by atomic mass is 16.5. The molecule has 2 N–H and O–H groups in total. The first-order valence-electron chi connectivity index (χ1n) is 4.29. The van der Waals surface area contributed by atoms with Crippen molar-refractivity contribution in [1.82, 2.24) is 0 Å². The quantitative estimate of drug-likeness (QED) is 0.699. The van der Waals surface area contributed by atoms with Crippen molar-refractivity contribution in [2.45, 2.75) is 6.92 Å². The Balaban J connectivity index is 3.28. The van der Waals surface area contributed by atoms with Crippen molar-refractivity contribution in [3.05, 3.63) is 34.0 Å². The molecule has 0 saturated heterocycles. The molecule has 15 heavy (non-hydrogen) atoms. The number of ether oxygens (including phenoxy) is 1. The third-order valence-electron chi connectivity index (χ3n) is 1.70. The molecule has 5 nitrogen and oxygen atoms in total. The molecule has 0 amide bonds. The molecule has 1 rings (SSSR count). The molecular weight excluding hydrogens is 200 g/mol. The lowest BCUT2D eigenvalue weighted by Crippen LogP contribution is -2.04. The number of carbonyl (C=O) groups is 1. The molecule has 0 radical (unpaired) electrons. The molecule has 0 unspecified atom stereocenters. The fourth-order valence-electron chi connectivity index (χ4n) is 0.987. The smallest absolute Gasteiger partial charge is 0.341 e. The maximum atomic E-state index is 11.3. The summed E-state index contributed by atoms with van der Waals surface area (Å²) in [6.45, 7) is 1.78. The van der Waals surface area contributed by atoms with Crippen LogP contribution in [0.15, 0.2) is 23.0 Å². The van der Waals surface area contributed by atoms with E-state index in [9.17, 15) is 14.7 Å². The number of hydrogen-bond donors (Lipinski definition) is 2. The minimum absolute atomic E-state index is 0.158. The standard InChI is InChI=1S/C10H10O5/c1-2-15-10(14)6-3-4-7(11)9(13)5-8(6)12/h3-5,12H,2H2,1H3,(H,11,13). The molecule has 0 heterocycles. The van der Waals surface area contributed by atoms with E-state index < -0.39 is 22.9 Å². The molecule has 0 aliphatic carbocycles. The molecule has 1 aromatic carbocycles. The van der Waals surface area contributed by atoms with Gasteiger partial charge in [0.15, 0.2) is 5.75 Å². The molecule has 0 aromatic heterocycles. The summed E-state index contributed by atoms with van der Waals surface area (Å²) < 4.78 is 4.65. The van der Waals surface area contributed by atoms with Gasteiger partial charge in [-0.25, -0.2) is 4.79 Å². The van der Waals surface area contributed by atoms with Crippen molar-refractivity contribution in [1.29, 1.82) is 0 Å². The summed E-state index contributed by atoms with van der Waals surface area (Å²) in [6.07, 6.45) is 0. The van der Waals surface area contributed by atoms with Crippen molar-refractivity contribution < 1.29 is 19.7 Å². The summed E-state index contributed by atoms with van der Waals surface area (Å²) in [5.74, 6) is -1.80. The Kier molecular flexibility index (Phi) is 3.28. The molecule has 0 spiro atoms. The summed E-state index contributed by atoms with van der Waals surface area (Å²) in [7, 11) is 0. The van der Waals surface area contributed by atoms with Crippen molar-refractivity contribution >= 4 is 5.97 Å². The average molecular weight is 210 g/mol. The number of rotatable bonds is 2. The summed E-state index contributed by atoms with van der Waals surface area (Å²) in [6, 6.07) is 2.93. The van der Waals surface area contributed by atoms with Gasteiger partial charge >= 0.3 is 5.97 Å². The maximum absolute atomic E-state index is 11.3. The summed E-state index contributed by atoms with van der Waals surface area (Å²) >= 11 is 0. The Morgan fingerprint density at radius 2 is 2.00 bits per heavy atom. The fraction of sp³-hybridized carbons (Fsp3) is 0.200. The van der Waals surface area contributed by atoms with Crippen LogP contribution in [0.25, 0.3) is 0 Å². The second-order valence-corrected chi connectivity index (χ2v) is 2.75. The zero-order chi connectivity index (χ0) is 11.4. The number of esters is 1. The molecule has 0 aliphatic rings. The molecular formula is C10H10O5. The molecule has 0 bridgehead atoms. The van der Waals surface area contributed by atoms with Gasteiger partial charge in [-0.15, -0.1) is 0 Å². The molecule has 1 aromatic rings. The topological polar surface area (TPSA) is 83.8 Å². The first kappa shape index (κ1) is 11.0. The van der Waals surface area contributed by atoms with E-state index in [1.807, 2.05) is 0 Å². The first-order valence-corrected chi connectivity index (χ1v) is 4.29. The van der Waals surface area contributed by atoms with E-state index in [1.54, 1.807) is 6.92 Å². The van der Waals surface area contributed by atoms with Gasteiger partial charge in [0.1, 0.15) is 11.3 Å². The van der Waals surface area contributed by atoms with E-state index in [-0.39, 0.29) is 12.2 Å². The molecule has 0 fully saturated rings. The Morgan fingerprint density at radius 1 is 1.33 bits per heavy atom. The second kappa shape index (κ2) is 4.45. The highest BCUT2D eigenvalue weighted by molar-refractivity contribution is 5.92. The fourth-order valence-corrected chi connectivity index (χ4v) is 0.987. The molecule has 5 heteroatoms. The predicted octanol–water partition coefficient (Wildman–Crippen LogP) is 0.635. The lowest BCUT2D eigenvalue weighted by molar-refractivity contribution is 0.0523. The van der Waals surface area contributed by atoms with E-state index in [2.05, 4.69) is 4.74 Å². The third-order valence-corrected chi connectivity index (χ3v) is 1.70. The minimum Gasteiger partial charge on any atom is -0.507 e. The van der Waals surface area contributed by atoms with E-state index in [0.717, 1.165) is 18.2 Å². The van der Waals surface area contributed by atoms with E-state index in [4.69, 9.17) is 5.11 Å². The van der Waals surface area contributed by atoms with Crippen molar-refractivity contribution in [2.24, 2.45) is 0 Å². The Bertz CT molecular complexity index is 438. The summed E-state index contributed by atoms with van der Waals surface area (Å²) in [5, 5.41) is 18.4. The number of carbonyl (C=O) groups excluding carboxylic acids is 1. The third kappa shape index (κ3) is 2.46. The van der Waals surface area contributed by atoms with Crippen LogP contribution in [0.5, 0.6) is 11.5 Å². The van der Waals surface area contributed by atoms with E-state index in [0.29, 0.717) is 0 Å². The zero-order valence-corrected chi connectivity index (χ0v) is 8.06. The zero-order valence-electron chi connectivity index (χ0n) is 8.06.